The lowest BCUT2D eigenvalue weighted by atomic mass is 10.1. The Labute approximate surface area is 122 Å². The molecule has 0 aliphatic carbocycles. The predicted octanol–water partition coefficient (Wildman–Crippen LogP) is 1.28. The van der Waals surface area contributed by atoms with Crippen LogP contribution in [0.5, 0.6) is 0 Å². The van der Waals surface area contributed by atoms with Gasteiger partial charge in [-0.2, -0.15) is 0 Å². The van der Waals surface area contributed by atoms with Crippen molar-refractivity contribution in [3.05, 3.63) is 33.9 Å². The first-order valence-corrected chi connectivity index (χ1v) is 6.57. The predicted molar refractivity (Wildman–Crippen MR) is 78.9 cm³/mol. The van der Waals surface area contributed by atoms with Crippen LogP contribution >= 0.6 is 0 Å². The number of benzene rings is 1. The summed E-state index contributed by atoms with van der Waals surface area (Å²) in [4.78, 5) is 22.3. The van der Waals surface area contributed by atoms with Crippen molar-refractivity contribution in [1.82, 2.24) is 5.32 Å². The normalized spacial score (nSPS) is 10.5. The molecule has 0 bridgehead atoms. The zero-order valence-electron chi connectivity index (χ0n) is 12.1. The lowest BCUT2D eigenvalue weighted by molar-refractivity contribution is -0.384. The maximum Gasteiger partial charge on any atom is 0.294 e. The second-order valence-electron chi connectivity index (χ2n) is 4.83. The van der Waals surface area contributed by atoms with Crippen molar-refractivity contribution < 1.29 is 14.5 Å². The van der Waals surface area contributed by atoms with Gasteiger partial charge in [-0.3, -0.25) is 20.8 Å². The van der Waals surface area contributed by atoms with Gasteiger partial charge in [-0.15, -0.1) is 0 Å². The van der Waals surface area contributed by atoms with Gasteiger partial charge in [0.1, 0.15) is 5.69 Å². The molecule has 1 amide bonds. The summed E-state index contributed by atoms with van der Waals surface area (Å²) in [7, 11) is 0. The zero-order chi connectivity index (χ0) is 15.8. The number of hydrazine groups is 1. The summed E-state index contributed by atoms with van der Waals surface area (Å²) < 4.78 is 5.34. The van der Waals surface area contributed by atoms with Crippen molar-refractivity contribution in [2.24, 2.45) is 11.8 Å². The van der Waals surface area contributed by atoms with E-state index in [2.05, 4.69) is 10.7 Å². The second kappa shape index (κ2) is 8.18. The number of hydrogen-bond acceptors (Lipinski definition) is 6. The van der Waals surface area contributed by atoms with Crippen molar-refractivity contribution in [1.29, 1.82) is 0 Å². The number of nitrogen functional groups attached to an aromatic ring is 1. The van der Waals surface area contributed by atoms with Gasteiger partial charge in [0.15, 0.2) is 0 Å². The van der Waals surface area contributed by atoms with Crippen molar-refractivity contribution in [3.8, 4) is 0 Å². The summed E-state index contributed by atoms with van der Waals surface area (Å²) in [6.07, 6.45) is 0. The van der Waals surface area contributed by atoms with Crippen molar-refractivity contribution in [2.45, 2.75) is 13.8 Å². The van der Waals surface area contributed by atoms with Gasteiger partial charge in [0.25, 0.3) is 11.6 Å². The summed E-state index contributed by atoms with van der Waals surface area (Å²) in [6, 6.07) is 4.17. The van der Waals surface area contributed by atoms with E-state index < -0.39 is 10.8 Å². The maximum absolute atomic E-state index is 12.0. The third-order valence-electron chi connectivity index (χ3n) is 2.61. The molecule has 4 N–H and O–H groups in total. The number of para-hydroxylation sites is 1. The molecule has 0 spiro atoms. The van der Waals surface area contributed by atoms with Crippen LogP contribution in [0.4, 0.5) is 11.4 Å². The maximum atomic E-state index is 12.0. The molecule has 1 rings (SSSR count). The van der Waals surface area contributed by atoms with Crippen molar-refractivity contribution >= 4 is 17.3 Å². The quantitative estimate of drug-likeness (QED) is 0.288. The molecular weight excluding hydrogens is 276 g/mol. The molecule has 0 radical (unpaired) electrons. The summed E-state index contributed by atoms with van der Waals surface area (Å²) in [5.41, 5.74) is 2.07. The zero-order valence-corrected chi connectivity index (χ0v) is 12.1. The van der Waals surface area contributed by atoms with E-state index in [1.165, 1.54) is 18.2 Å². The molecule has 21 heavy (non-hydrogen) atoms. The second-order valence-corrected chi connectivity index (χ2v) is 4.83. The van der Waals surface area contributed by atoms with E-state index in [-0.39, 0.29) is 16.9 Å². The van der Waals surface area contributed by atoms with Gasteiger partial charge < -0.3 is 15.5 Å². The van der Waals surface area contributed by atoms with E-state index in [1.807, 2.05) is 13.8 Å². The van der Waals surface area contributed by atoms with E-state index in [4.69, 9.17) is 10.6 Å². The number of amides is 1. The molecule has 0 saturated carbocycles. The molecule has 8 heteroatoms. The minimum Gasteiger partial charge on any atom is -0.379 e. The number of nitro groups is 1. The summed E-state index contributed by atoms with van der Waals surface area (Å²) >= 11 is 0. The topological polar surface area (TPSA) is 120 Å². The molecule has 0 saturated heterocycles. The van der Waals surface area contributed by atoms with E-state index >= 15 is 0 Å². The van der Waals surface area contributed by atoms with Crippen molar-refractivity contribution in [3.63, 3.8) is 0 Å². The number of nitro benzene ring substituents is 1. The average molecular weight is 296 g/mol. The Morgan fingerprint density at radius 1 is 1.48 bits per heavy atom. The highest BCUT2D eigenvalue weighted by Gasteiger charge is 2.20. The monoisotopic (exact) mass is 296 g/mol. The highest BCUT2D eigenvalue weighted by Crippen LogP contribution is 2.27. The van der Waals surface area contributed by atoms with E-state index in [1.54, 1.807) is 0 Å². The number of anilines is 1. The Balaban J connectivity index is 2.66. The van der Waals surface area contributed by atoms with Crippen LogP contribution in [0, 0.1) is 16.0 Å². The largest absolute Gasteiger partial charge is 0.379 e. The third-order valence-corrected chi connectivity index (χ3v) is 2.61. The van der Waals surface area contributed by atoms with E-state index in [0.717, 1.165) is 0 Å². The molecule has 0 atom stereocenters. The van der Waals surface area contributed by atoms with Gasteiger partial charge in [-0.25, -0.2) is 0 Å². The Hall–Kier alpha value is -2.19. The van der Waals surface area contributed by atoms with Crippen LogP contribution in [0.2, 0.25) is 0 Å². The fourth-order valence-corrected chi connectivity index (χ4v) is 1.68. The SMILES string of the molecule is CC(C)COCCNC(=O)c1cccc([N+](=O)[O-])c1NN. The minimum atomic E-state index is -0.599. The van der Waals surface area contributed by atoms with Crippen LogP contribution < -0.4 is 16.6 Å². The Bertz CT molecular complexity index is 505. The Kier molecular flexibility index (Phi) is 6.57. The Morgan fingerprint density at radius 3 is 2.76 bits per heavy atom. The van der Waals surface area contributed by atoms with Gasteiger partial charge >= 0.3 is 0 Å². The highest BCUT2D eigenvalue weighted by atomic mass is 16.6. The summed E-state index contributed by atoms with van der Waals surface area (Å²) in [5, 5.41) is 13.5. The summed E-state index contributed by atoms with van der Waals surface area (Å²) in [5.74, 6) is 5.25. The molecule has 8 nitrogen and oxygen atoms in total. The molecule has 1 aromatic rings. The lowest BCUT2D eigenvalue weighted by Crippen LogP contribution is -2.29. The Morgan fingerprint density at radius 2 is 2.19 bits per heavy atom. The standard InChI is InChI=1S/C13H20N4O4/c1-9(2)8-21-7-6-15-13(18)10-4-3-5-11(17(19)20)12(10)16-14/h3-5,9,16H,6-8,14H2,1-2H3,(H,15,18). The number of ether oxygens (including phenoxy) is 1. The molecular formula is C13H20N4O4. The molecule has 116 valence electrons. The van der Waals surface area contributed by atoms with Gasteiger partial charge in [-0.05, 0) is 12.0 Å². The first kappa shape index (κ1) is 16.9. The first-order valence-electron chi connectivity index (χ1n) is 6.57. The molecule has 0 aliphatic heterocycles. The van der Waals surface area contributed by atoms with Crippen LogP contribution in [0.15, 0.2) is 18.2 Å². The molecule has 0 aromatic heterocycles. The number of carbonyl (C=O) groups excluding carboxylic acids is 1. The minimum absolute atomic E-state index is 0.0110. The van der Waals surface area contributed by atoms with Crippen LogP contribution in [-0.4, -0.2) is 30.6 Å². The van der Waals surface area contributed by atoms with Gasteiger partial charge in [0, 0.05) is 19.2 Å². The van der Waals surface area contributed by atoms with Crippen molar-refractivity contribution in [2.75, 3.05) is 25.2 Å². The molecule has 0 unspecified atom stereocenters. The third kappa shape index (κ3) is 5.01. The smallest absolute Gasteiger partial charge is 0.294 e. The van der Waals surface area contributed by atoms with Crippen LogP contribution in [0.3, 0.4) is 0 Å². The number of carbonyl (C=O) groups is 1. The number of nitrogens with two attached hydrogens (primary N) is 1. The number of hydrogen-bond donors (Lipinski definition) is 3. The fourth-order valence-electron chi connectivity index (χ4n) is 1.68. The number of nitrogens with one attached hydrogen (secondary N) is 2. The number of rotatable bonds is 8. The van der Waals surface area contributed by atoms with Gasteiger partial charge in [0.2, 0.25) is 0 Å². The first-order chi connectivity index (χ1) is 9.97. The summed E-state index contributed by atoms with van der Waals surface area (Å²) in [6.45, 7) is 5.37. The number of nitrogens with zero attached hydrogens (tertiary/aromatic N) is 1. The van der Waals surface area contributed by atoms with E-state index in [9.17, 15) is 14.9 Å². The van der Waals surface area contributed by atoms with Crippen LogP contribution in [0.25, 0.3) is 0 Å². The molecule has 0 fully saturated rings. The molecule has 0 aliphatic rings. The lowest BCUT2D eigenvalue weighted by Gasteiger charge is -2.10. The van der Waals surface area contributed by atoms with Crippen LogP contribution in [-0.2, 0) is 4.74 Å². The van der Waals surface area contributed by atoms with Crippen LogP contribution in [0.1, 0.15) is 24.2 Å². The average Bonchev–Trinajstić information content (AvgIpc) is 2.45. The fraction of sp³-hybridized carbons (Fsp3) is 0.462. The molecule has 1 aromatic carbocycles. The van der Waals surface area contributed by atoms with E-state index in [0.29, 0.717) is 25.7 Å². The molecule has 0 heterocycles. The van der Waals surface area contributed by atoms with Gasteiger partial charge in [-0.1, -0.05) is 19.9 Å². The van der Waals surface area contributed by atoms with Gasteiger partial charge in [0.05, 0.1) is 17.1 Å². The highest BCUT2D eigenvalue weighted by molar-refractivity contribution is 6.01.